The fourth-order valence-corrected chi connectivity index (χ4v) is 2.64. The molecule has 2 aromatic rings. The Bertz CT molecular complexity index is 653. The highest BCUT2D eigenvalue weighted by atomic mass is 35.5. The fraction of sp³-hybridized carbons (Fsp3) is 0.250. The Hall–Kier alpha value is -2.27. The number of urea groups is 1. The van der Waals surface area contributed by atoms with Crippen LogP contribution in [0.5, 0.6) is 0 Å². The molecule has 0 spiro atoms. The second-order valence-corrected chi connectivity index (χ2v) is 5.63. The first-order chi connectivity index (χ1) is 10.7. The summed E-state index contributed by atoms with van der Waals surface area (Å²) < 4.78 is 0. The minimum atomic E-state index is -0.321. The number of rotatable bonds is 3. The Balaban J connectivity index is 1.59. The first kappa shape index (κ1) is 14.7. The van der Waals surface area contributed by atoms with Crippen molar-refractivity contribution >= 4 is 34.8 Å². The number of nitrogens with one attached hydrogen (secondary N) is 2. The average Bonchev–Trinajstić information content (AvgIpc) is 3.02. The summed E-state index contributed by atoms with van der Waals surface area (Å²) in [5.74, 6) is 0.957. The number of hydrogen-bond donors (Lipinski definition) is 2. The maximum absolute atomic E-state index is 11.9. The molecule has 2 N–H and O–H groups in total. The van der Waals surface area contributed by atoms with Crippen molar-refractivity contribution in [2.75, 3.05) is 28.6 Å². The van der Waals surface area contributed by atoms with E-state index in [-0.39, 0.29) is 6.03 Å². The maximum Gasteiger partial charge on any atom is 0.323 e. The molecule has 1 aromatic carbocycles. The number of anilines is 3. The Morgan fingerprint density at radius 1 is 1.09 bits per heavy atom. The average molecular weight is 317 g/mol. The van der Waals surface area contributed by atoms with E-state index >= 15 is 0 Å². The second kappa shape index (κ2) is 6.66. The van der Waals surface area contributed by atoms with Crippen molar-refractivity contribution in [2.45, 2.75) is 12.8 Å². The van der Waals surface area contributed by atoms with Crippen LogP contribution in [0, 0.1) is 0 Å². The molecule has 5 nitrogen and oxygen atoms in total. The van der Waals surface area contributed by atoms with Gasteiger partial charge < -0.3 is 15.5 Å². The summed E-state index contributed by atoms with van der Waals surface area (Å²) in [7, 11) is 0. The van der Waals surface area contributed by atoms with E-state index in [1.807, 2.05) is 12.1 Å². The van der Waals surface area contributed by atoms with Crippen LogP contribution in [0.3, 0.4) is 0 Å². The van der Waals surface area contributed by atoms with Crippen LogP contribution < -0.4 is 15.5 Å². The number of amides is 2. The van der Waals surface area contributed by atoms with Crippen LogP contribution in [0.2, 0.25) is 5.02 Å². The molecular weight excluding hydrogens is 300 g/mol. The van der Waals surface area contributed by atoms with Crippen LogP contribution >= 0.6 is 11.6 Å². The van der Waals surface area contributed by atoms with E-state index in [1.165, 1.54) is 12.8 Å². The number of nitrogens with zero attached hydrogens (tertiary/aromatic N) is 2. The highest BCUT2D eigenvalue weighted by Gasteiger charge is 2.13. The SMILES string of the molecule is O=C(Nc1ccc(N2CCCC2)nc1)Nc1cccc(Cl)c1. The van der Waals surface area contributed by atoms with Gasteiger partial charge in [0.25, 0.3) is 0 Å². The summed E-state index contributed by atoms with van der Waals surface area (Å²) in [5, 5.41) is 6.06. The first-order valence-electron chi connectivity index (χ1n) is 7.25. The van der Waals surface area contributed by atoms with E-state index in [0.29, 0.717) is 16.4 Å². The zero-order chi connectivity index (χ0) is 15.4. The van der Waals surface area contributed by atoms with Gasteiger partial charge in [-0.1, -0.05) is 17.7 Å². The van der Waals surface area contributed by atoms with Gasteiger partial charge in [0.05, 0.1) is 11.9 Å². The zero-order valence-corrected chi connectivity index (χ0v) is 12.8. The molecular formula is C16H17ClN4O. The molecule has 2 heterocycles. The van der Waals surface area contributed by atoms with Gasteiger partial charge in [0.2, 0.25) is 0 Å². The van der Waals surface area contributed by atoms with Gasteiger partial charge in [-0.15, -0.1) is 0 Å². The topological polar surface area (TPSA) is 57.3 Å². The third kappa shape index (κ3) is 3.68. The van der Waals surface area contributed by atoms with Crippen molar-refractivity contribution < 1.29 is 4.79 Å². The fourth-order valence-electron chi connectivity index (χ4n) is 2.45. The molecule has 1 aliphatic heterocycles. The van der Waals surface area contributed by atoms with Crippen molar-refractivity contribution in [1.82, 2.24) is 4.98 Å². The van der Waals surface area contributed by atoms with Crippen LogP contribution in [0.15, 0.2) is 42.6 Å². The molecule has 3 rings (SSSR count). The third-order valence-corrected chi connectivity index (χ3v) is 3.75. The number of aromatic nitrogens is 1. The molecule has 0 saturated carbocycles. The quantitative estimate of drug-likeness (QED) is 0.900. The Morgan fingerprint density at radius 3 is 2.55 bits per heavy atom. The van der Waals surface area contributed by atoms with E-state index in [2.05, 4.69) is 20.5 Å². The molecule has 1 aromatic heterocycles. The summed E-state index contributed by atoms with van der Waals surface area (Å²) in [6, 6.07) is 10.5. The van der Waals surface area contributed by atoms with E-state index < -0.39 is 0 Å². The van der Waals surface area contributed by atoms with Crippen molar-refractivity contribution in [2.24, 2.45) is 0 Å². The minimum absolute atomic E-state index is 0.321. The van der Waals surface area contributed by atoms with Crippen LogP contribution in [-0.2, 0) is 0 Å². The van der Waals surface area contributed by atoms with Gasteiger partial charge in [-0.2, -0.15) is 0 Å². The van der Waals surface area contributed by atoms with Gasteiger partial charge in [0, 0.05) is 23.8 Å². The number of hydrogen-bond acceptors (Lipinski definition) is 3. The molecule has 0 bridgehead atoms. The molecule has 2 amide bonds. The number of carbonyl (C=O) groups is 1. The Labute approximate surface area is 134 Å². The monoisotopic (exact) mass is 316 g/mol. The maximum atomic E-state index is 11.9. The largest absolute Gasteiger partial charge is 0.357 e. The lowest BCUT2D eigenvalue weighted by molar-refractivity contribution is 0.262. The third-order valence-electron chi connectivity index (χ3n) is 3.52. The molecule has 0 aliphatic carbocycles. The predicted octanol–water partition coefficient (Wildman–Crippen LogP) is 3.98. The smallest absolute Gasteiger partial charge is 0.323 e. The number of pyridine rings is 1. The lowest BCUT2D eigenvalue weighted by Gasteiger charge is -2.16. The molecule has 1 aliphatic rings. The van der Waals surface area contributed by atoms with Gasteiger partial charge in [0.15, 0.2) is 0 Å². The lowest BCUT2D eigenvalue weighted by Crippen LogP contribution is -2.21. The van der Waals surface area contributed by atoms with Gasteiger partial charge in [0.1, 0.15) is 5.82 Å². The summed E-state index contributed by atoms with van der Waals surface area (Å²) in [4.78, 5) is 18.6. The van der Waals surface area contributed by atoms with Crippen LogP contribution in [-0.4, -0.2) is 24.1 Å². The second-order valence-electron chi connectivity index (χ2n) is 5.19. The number of benzene rings is 1. The van der Waals surface area contributed by atoms with Crippen LogP contribution in [0.1, 0.15) is 12.8 Å². The van der Waals surface area contributed by atoms with Crippen molar-refractivity contribution in [3.8, 4) is 0 Å². The van der Waals surface area contributed by atoms with Crippen LogP contribution in [0.25, 0.3) is 0 Å². The Kier molecular flexibility index (Phi) is 4.44. The van der Waals surface area contributed by atoms with Gasteiger partial charge in [-0.05, 0) is 43.2 Å². The molecule has 1 saturated heterocycles. The predicted molar refractivity (Wildman–Crippen MR) is 89.8 cm³/mol. The van der Waals surface area contributed by atoms with Crippen molar-refractivity contribution in [3.63, 3.8) is 0 Å². The van der Waals surface area contributed by atoms with Gasteiger partial charge in [-0.3, -0.25) is 0 Å². The highest BCUT2D eigenvalue weighted by Crippen LogP contribution is 2.19. The molecule has 0 atom stereocenters. The summed E-state index contributed by atoms with van der Waals surface area (Å²) in [6.45, 7) is 2.10. The van der Waals surface area contributed by atoms with E-state index in [4.69, 9.17) is 11.6 Å². The number of carbonyl (C=O) groups excluding carboxylic acids is 1. The van der Waals surface area contributed by atoms with Gasteiger partial charge >= 0.3 is 6.03 Å². The standard InChI is InChI=1S/C16H17ClN4O/c17-12-4-3-5-13(10-12)19-16(22)20-14-6-7-15(18-11-14)21-8-1-2-9-21/h3-7,10-11H,1-2,8-9H2,(H2,19,20,22). The summed E-state index contributed by atoms with van der Waals surface area (Å²) in [5.41, 5.74) is 1.30. The normalized spacial score (nSPS) is 14.0. The lowest BCUT2D eigenvalue weighted by atomic mass is 10.3. The van der Waals surface area contributed by atoms with Crippen LogP contribution in [0.4, 0.5) is 22.0 Å². The zero-order valence-electron chi connectivity index (χ0n) is 12.1. The van der Waals surface area contributed by atoms with E-state index in [9.17, 15) is 4.79 Å². The molecule has 6 heteroatoms. The Morgan fingerprint density at radius 2 is 1.86 bits per heavy atom. The minimum Gasteiger partial charge on any atom is -0.357 e. The summed E-state index contributed by atoms with van der Waals surface area (Å²) in [6.07, 6.45) is 4.10. The first-order valence-corrected chi connectivity index (χ1v) is 7.63. The van der Waals surface area contributed by atoms with Gasteiger partial charge in [-0.25, -0.2) is 9.78 Å². The molecule has 0 unspecified atom stereocenters. The number of halogens is 1. The van der Waals surface area contributed by atoms with E-state index in [1.54, 1.807) is 30.5 Å². The molecule has 0 radical (unpaired) electrons. The van der Waals surface area contributed by atoms with E-state index in [0.717, 1.165) is 18.9 Å². The summed E-state index contributed by atoms with van der Waals surface area (Å²) >= 11 is 5.88. The highest BCUT2D eigenvalue weighted by molar-refractivity contribution is 6.30. The van der Waals surface area contributed by atoms with Crippen molar-refractivity contribution in [3.05, 3.63) is 47.6 Å². The van der Waals surface area contributed by atoms with Crippen molar-refractivity contribution in [1.29, 1.82) is 0 Å². The molecule has 22 heavy (non-hydrogen) atoms. The molecule has 1 fully saturated rings. The molecule has 114 valence electrons.